The predicted octanol–water partition coefficient (Wildman–Crippen LogP) is 0.928. The maximum absolute atomic E-state index is 10.8. The molecular weight excluding hydrogens is 198 g/mol. The Kier molecular flexibility index (Phi) is 3.62. The van der Waals surface area contributed by atoms with E-state index in [2.05, 4.69) is 4.98 Å². The van der Waals surface area contributed by atoms with Crippen LogP contribution in [0.2, 0.25) is 0 Å². The Balaban J connectivity index is 2.89. The lowest BCUT2D eigenvalue weighted by Crippen LogP contribution is -2.26. The molecule has 0 saturated heterocycles. The first-order valence-corrected chi connectivity index (χ1v) is 4.54. The topological polar surface area (TPSA) is 79.7 Å². The number of ether oxygens (including phenoxy) is 1. The van der Waals surface area contributed by atoms with Gasteiger partial charge in [-0.1, -0.05) is 0 Å². The molecule has 0 saturated carbocycles. The molecule has 0 amide bonds. The molecule has 15 heavy (non-hydrogen) atoms. The van der Waals surface area contributed by atoms with Gasteiger partial charge in [-0.2, -0.15) is 0 Å². The summed E-state index contributed by atoms with van der Waals surface area (Å²) in [5.41, 5.74) is 0.0394. The molecule has 0 bridgehead atoms. The maximum Gasteiger partial charge on any atom is 0.339 e. The summed E-state index contributed by atoms with van der Waals surface area (Å²) in [5.74, 6) is -0.913. The first kappa shape index (κ1) is 11.5. The molecule has 0 radical (unpaired) electrons. The van der Waals surface area contributed by atoms with Crippen LogP contribution < -0.4 is 4.74 Å². The summed E-state index contributed by atoms with van der Waals surface area (Å²) in [4.78, 5) is 14.6. The zero-order chi connectivity index (χ0) is 11.4. The number of aromatic carboxylic acids is 1. The second-order valence-corrected chi connectivity index (χ2v) is 3.24. The van der Waals surface area contributed by atoms with Crippen LogP contribution in [-0.4, -0.2) is 33.4 Å². The van der Waals surface area contributed by atoms with Gasteiger partial charge in [0.1, 0.15) is 11.7 Å². The molecule has 2 atom stereocenters. The average Bonchev–Trinajstić information content (AvgIpc) is 2.18. The molecule has 0 aliphatic carbocycles. The first-order chi connectivity index (χ1) is 7.02. The quantitative estimate of drug-likeness (QED) is 0.774. The van der Waals surface area contributed by atoms with E-state index in [1.807, 2.05) is 0 Å². The van der Waals surface area contributed by atoms with Crippen molar-refractivity contribution in [3.05, 3.63) is 24.0 Å². The molecule has 0 spiro atoms. The second kappa shape index (κ2) is 4.75. The monoisotopic (exact) mass is 211 g/mol. The van der Waals surface area contributed by atoms with Gasteiger partial charge in [0.05, 0.1) is 12.3 Å². The third kappa shape index (κ3) is 2.92. The van der Waals surface area contributed by atoms with Crippen molar-refractivity contribution in [3.8, 4) is 5.75 Å². The lowest BCUT2D eigenvalue weighted by Gasteiger charge is -2.17. The molecule has 82 valence electrons. The van der Waals surface area contributed by atoms with Gasteiger partial charge in [0.15, 0.2) is 5.75 Å². The second-order valence-electron chi connectivity index (χ2n) is 3.24. The standard InChI is InChI=1S/C10H13NO4/c1-6(12)7(2)15-9-5-11-4-3-8(9)10(13)14/h3-7,12H,1-2H3,(H,13,14). The van der Waals surface area contributed by atoms with E-state index in [1.165, 1.54) is 18.5 Å². The van der Waals surface area contributed by atoms with Gasteiger partial charge in [0, 0.05) is 6.20 Å². The maximum atomic E-state index is 10.8. The lowest BCUT2D eigenvalue weighted by molar-refractivity contribution is 0.0558. The highest BCUT2D eigenvalue weighted by Crippen LogP contribution is 2.18. The SMILES string of the molecule is CC(O)C(C)Oc1cnccc1C(=O)O. The molecule has 2 N–H and O–H groups in total. The van der Waals surface area contributed by atoms with Gasteiger partial charge < -0.3 is 14.9 Å². The van der Waals surface area contributed by atoms with Crippen LogP contribution in [0.15, 0.2) is 18.5 Å². The van der Waals surface area contributed by atoms with Crippen molar-refractivity contribution in [2.45, 2.75) is 26.1 Å². The van der Waals surface area contributed by atoms with Crippen molar-refractivity contribution in [2.24, 2.45) is 0 Å². The Bertz CT molecular complexity index is 351. The van der Waals surface area contributed by atoms with E-state index in [4.69, 9.17) is 9.84 Å². The molecule has 1 rings (SSSR count). The number of hydrogen-bond acceptors (Lipinski definition) is 4. The molecular formula is C10H13NO4. The van der Waals surface area contributed by atoms with E-state index in [9.17, 15) is 9.90 Å². The number of aliphatic hydroxyl groups excluding tert-OH is 1. The van der Waals surface area contributed by atoms with Crippen LogP contribution in [0.25, 0.3) is 0 Å². The van der Waals surface area contributed by atoms with Gasteiger partial charge in [-0.05, 0) is 19.9 Å². The van der Waals surface area contributed by atoms with Crippen LogP contribution in [0.3, 0.4) is 0 Å². The summed E-state index contributed by atoms with van der Waals surface area (Å²) in [6, 6.07) is 1.35. The predicted molar refractivity (Wildman–Crippen MR) is 53.0 cm³/mol. The van der Waals surface area contributed by atoms with Crippen molar-refractivity contribution >= 4 is 5.97 Å². The molecule has 0 aliphatic rings. The number of nitrogens with zero attached hydrogens (tertiary/aromatic N) is 1. The summed E-state index contributed by atoms with van der Waals surface area (Å²) >= 11 is 0. The van der Waals surface area contributed by atoms with Crippen molar-refractivity contribution in [2.75, 3.05) is 0 Å². The fraction of sp³-hybridized carbons (Fsp3) is 0.400. The van der Waals surface area contributed by atoms with Gasteiger partial charge in [-0.3, -0.25) is 4.98 Å². The smallest absolute Gasteiger partial charge is 0.339 e. The number of hydrogen-bond donors (Lipinski definition) is 2. The number of carboxylic acid groups (broad SMARTS) is 1. The number of carboxylic acids is 1. The molecule has 0 aliphatic heterocycles. The lowest BCUT2D eigenvalue weighted by atomic mass is 10.2. The van der Waals surface area contributed by atoms with Crippen LogP contribution in [0, 0.1) is 0 Å². The number of pyridine rings is 1. The van der Waals surface area contributed by atoms with E-state index in [0.29, 0.717) is 0 Å². The Morgan fingerprint density at radius 1 is 1.53 bits per heavy atom. The highest BCUT2D eigenvalue weighted by molar-refractivity contribution is 5.90. The minimum Gasteiger partial charge on any atom is -0.486 e. The molecule has 1 aromatic heterocycles. The molecule has 2 unspecified atom stereocenters. The number of rotatable bonds is 4. The Morgan fingerprint density at radius 3 is 2.73 bits per heavy atom. The van der Waals surface area contributed by atoms with Gasteiger partial charge in [0.2, 0.25) is 0 Å². The molecule has 0 aromatic carbocycles. The highest BCUT2D eigenvalue weighted by Gasteiger charge is 2.16. The molecule has 5 nitrogen and oxygen atoms in total. The molecule has 5 heteroatoms. The summed E-state index contributed by atoms with van der Waals surface area (Å²) in [5, 5.41) is 18.1. The van der Waals surface area contributed by atoms with E-state index >= 15 is 0 Å². The molecule has 1 aromatic rings. The van der Waals surface area contributed by atoms with E-state index in [0.717, 1.165) is 0 Å². The first-order valence-electron chi connectivity index (χ1n) is 4.54. The zero-order valence-electron chi connectivity index (χ0n) is 8.54. The summed E-state index contributed by atoms with van der Waals surface area (Å²) < 4.78 is 5.27. The zero-order valence-corrected chi connectivity index (χ0v) is 8.54. The number of carbonyl (C=O) groups is 1. The normalized spacial score (nSPS) is 14.3. The summed E-state index contributed by atoms with van der Waals surface area (Å²) in [6.07, 6.45) is 1.55. The van der Waals surface area contributed by atoms with Crippen molar-refractivity contribution in [1.29, 1.82) is 0 Å². The summed E-state index contributed by atoms with van der Waals surface area (Å²) in [7, 11) is 0. The van der Waals surface area contributed by atoms with E-state index in [1.54, 1.807) is 13.8 Å². The summed E-state index contributed by atoms with van der Waals surface area (Å²) in [6.45, 7) is 3.23. The Labute approximate surface area is 87.3 Å². The van der Waals surface area contributed by atoms with Crippen molar-refractivity contribution in [1.82, 2.24) is 4.98 Å². The number of aromatic nitrogens is 1. The fourth-order valence-corrected chi connectivity index (χ4v) is 0.949. The van der Waals surface area contributed by atoms with Crippen LogP contribution in [-0.2, 0) is 0 Å². The largest absolute Gasteiger partial charge is 0.486 e. The van der Waals surface area contributed by atoms with Gasteiger partial charge in [-0.25, -0.2) is 4.79 Å². The van der Waals surface area contributed by atoms with Crippen LogP contribution >= 0.6 is 0 Å². The third-order valence-electron chi connectivity index (χ3n) is 2.01. The van der Waals surface area contributed by atoms with E-state index in [-0.39, 0.29) is 11.3 Å². The van der Waals surface area contributed by atoms with Crippen LogP contribution in [0.4, 0.5) is 0 Å². The Hall–Kier alpha value is -1.62. The fourth-order valence-electron chi connectivity index (χ4n) is 0.949. The van der Waals surface area contributed by atoms with Crippen LogP contribution in [0.5, 0.6) is 5.75 Å². The van der Waals surface area contributed by atoms with Crippen LogP contribution in [0.1, 0.15) is 24.2 Å². The molecule has 1 heterocycles. The van der Waals surface area contributed by atoms with Gasteiger partial charge >= 0.3 is 5.97 Å². The number of aliphatic hydroxyl groups is 1. The van der Waals surface area contributed by atoms with E-state index < -0.39 is 18.2 Å². The van der Waals surface area contributed by atoms with Gasteiger partial charge in [0.25, 0.3) is 0 Å². The minimum absolute atomic E-state index is 0.0394. The van der Waals surface area contributed by atoms with Crippen molar-refractivity contribution < 1.29 is 19.7 Å². The Morgan fingerprint density at radius 2 is 2.20 bits per heavy atom. The van der Waals surface area contributed by atoms with Gasteiger partial charge in [-0.15, -0.1) is 0 Å². The highest BCUT2D eigenvalue weighted by atomic mass is 16.5. The minimum atomic E-state index is -1.08. The average molecular weight is 211 g/mol. The molecule has 0 fully saturated rings. The third-order valence-corrected chi connectivity index (χ3v) is 2.01. The van der Waals surface area contributed by atoms with Crippen molar-refractivity contribution in [3.63, 3.8) is 0 Å².